The van der Waals surface area contributed by atoms with Crippen LogP contribution in [0.3, 0.4) is 0 Å². The van der Waals surface area contributed by atoms with E-state index in [4.69, 9.17) is 0 Å². The molecule has 7 heteroatoms. The molecule has 1 saturated carbocycles. The van der Waals surface area contributed by atoms with Crippen LogP contribution in [0.5, 0.6) is 0 Å². The second-order valence-corrected chi connectivity index (χ2v) is 5.95. The number of piperazine rings is 1. The molecule has 1 N–H and O–H groups in total. The molecule has 23 heavy (non-hydrogen) atoms. The lowest BCUT2D eigenvalue weighted by molar-refractivity contribution is -0.137. The van der Waals surface area contributed by atoms with Gasteiger partial charge in [0.25, 0.3) is 0 Å². The third kappa shape index (κ3) is 3.67. The molecule has 122 valence electrons. The third-order valence-electron chi connectivity index (χ3n) is 4.39. The smallest absolute Gasteiger partial charge is 0.226 e. The molecule has 1 aliphatic heterocycles. The maximum Gasteiger partial charge on any atom is 0.226 e. The highest BCUT2D eigenvalue weighted by atomic mass is 16.2. The molecule has 2 atom stereocenters. The Morgan fingerprint density at radius 3 is 2.65 bits per heavy atom. The van der Waals surface area contributed by atoms with Crippen LogP contribution in [-0.4, -0.2) is 59.2 Å². The molecule has 2 aliphatic rings. The molecule has 3 rings (SSSR count). The number of hydrogen-bond acceptors (Lipinski definition) is 4. The summed E-state index contributed by atoms with van der Waals surface area (Å²) in [5.74, 6) is -0.481. The van der Waals surface area contributed by atoms with Crippen molar-refractivity contribution >= 4 is 18.2 Å². The van der Waals surface area contributed by atoms with Gasteiger partial charge in [0.05, 0.1) is 24.1 Å². The van der Waals surface area contributed by atoms with E-state index in [1.54, 1.807) is 16.0 Å². The predicted molar refractivity (Wildman–Crippen MR) is 81.9 cm³/mol. The van der Waals surface area contributed by atoms with Gasteiger partial charge in [-0.1, -0.05) is 6.07 Å². The van der Waals surface area contributed by atoms with Crippen molar-refractivity contribution in [3.8, 4) is 0 Å². The summed E-state index contributed by atoms with van der Waals surface area (Å²) in [4.78, 5) is 42.7. The van der Waals surface area contributed by atoms with E-state index in [0.717, 1.165) is 12.1 Å². The van der Waals surface area contributed by atoms with E-state index in [0.29, 0.717) is 39.1 Å². The van der Waals surface area contributed by atoms with Crippen LogP contribution < -0.4 is 5.32 Å². The zero-order valence-electron chi connectivity index (χ0n) is 12.9. The Bertz CT molecular complexity index is 584. The molecule has 0 aromatic carbocycles. The van der Waals surface area contributed by atoms with Crippen molar-refractivity contribution in [1.82, 2.24) is 20.1 Å². The van der Waals surface area contributed by atoms with Crippen LogP contribution in [0, 0.1) is 11.8 Å². The van der Waals surface area contributed by atoms with Crippen LogP contribution in [-0.2, 0) is 20.9 Å². The van der Waals surface area contributed by atoms with Gasteiger partial charge in [-0.25, -0.2) is 0 Å². The number of nitrogens with zero attached hydrogens (tertiary/aromatic N) is 3. The lowest BCUT2D eigenvalue weighted by Crippen LogP contribution is -2.48. The highest BCUT2D eigenvalue weighted by molar-refractivity contribution is 5.92. The minimum absolute atomic E-state index is 0.0357. The molecule has 1 saturated heterocycles. The van der Waals surface area contributed by atoms with E-state index in [1.807, 2.05) is 18.2 Å². The predicted octanol–water partition coefficient (Wildman–Crippen LogP) is -0.365. The average molecular weight is 316 g/mol. The largest absolute Gasteiger partial charge is 0.350 e. The summed E-state index contributed by atoms with van der Waals surface area (Å²) in [5.41, 5.74) is 0.800. The molecule has 2 fully saturated rings. The summed E-state index contributed by atoms with van der Waals surface area (Å²) in [5, 5.41) is 2.84. The second kappa shape index (κ2) is 6.76. The third-order valence-corrected chi connectivity index (χ3v) is 4.39. The van der Waals surface area contributed by atoms with Crippen molar-refractivity contribution in [2.45, 2.75) is 13.0 Å². The molecule has 3 amide bonds. The summed E-state index contributed by atoms with van der Waals surface area (Å²) in [7, 11) is 0. The number of pyridine rings is 1. The van der Waals surface area contributed by atoms with Crippen molar-refractivity contribution in [2.24, 2.45) is 11.8 Å². The van der Waals surface area contributed by atoms with E-state index in [-0.39, 0.29) is 23.7 Å². The summed E-state index contributed by atoms with van der Waals surface area (Å²) < 4.78 is 0. The van der Waals surface area contributed by atoms with E-state index in [1.165, 1.54) is 0 Å². The normalized spacial score (nSPS) is 23.3. The van der Waals surface area contributed by atoms with Gasteiger partial charge in [0, 0.05) is 32.4 Å². The minimum Gasteiger partial charge on any atom is -0.350 e. The zero-order valence-corrected chi connectivity index (χ0v) is 12.9. The summed E-state index contributed by atoms with van der Waals surface area (Å²) in [6, 6.07) is 5.55. The number of nitrogens with one attached hydrogen (secondary N) is 1. The zero-order chi connectivity index (χ0) is 16.2. The Morgan fingerprint density at radius 2 is 2.00 bits per heavy atom. The van der Waals surface area contributed by atoms with E-state index >= 15 is 0 Å². The Balaban J connectivity index is 1.44. The maximum absolute atomic E-state index is 12.4. The minimum atomic E-state index is -0.227. The topological polar surface area (TPSA) is 82.6 Å². The van der Waals surface area contributed by atoms with Crippen molar-refractivity contribution < 1.29 is 14.4 Å². The van der Waals surface area contributed by atoms with Crippen LogP contribution in [0.15, 0.2) is 24.4 Å². The standard InChI is InChI=1S/C16H20N4O3/c21-11-19-5-7-20(8-6-19)16(23)14-9-13(14)15(22)18-10-12-3-1-2-4-17-12/h1-4,11,13-14H,5-10H2,(H,18,22). The molecule has 1 aliphatic carbocycles. The lowest BCUT2D eigenvalue weighted by Gasteiger charge is -2.32. The van der Waals surface area contributed by atoms with Gasteiger partial charge in [-0.2, -0.15) is 0 Å². The van der Waals surface area contributed by atoms with E-state index in [2.05, 4.69) is 10.3 Å². The van der Waals surface area contributed by atoms with Crippen molar-refractivity contribution in [3.05, 3.63) is 30.1 Å². The van der Waals surface area contributed by atoms with Gasteiger partial charge >= 0.3 is 0 Å². The van der Waals surface area contributed by atoms with Gasteiger partial charge < -0.3 is 15.1 Å². The fourth-order valence-corrected chi connectivity index (χ4v) is 2.85. The highest BCUT2D eigenvalue weighted by Crippen LogP contribution is 2.40. The van der Waals surface area contributed by atoms with Crippen molar-refractivity contribution in [2.75, 3.05) is 26.2 Å². The van der Waals surface area contributed by atoms with Gasteiger partial charge in [0.1, 0.15) is 0 Å². The molecule has 2 heterocycles. The van der Waals surface area contributed by atoms with Gasteiger partial charge in [0.15, 0.2) is 0 Å². The van der Waals surface area contributed by atoms with E-state index < -0.39 is 0 Å². The number of amides is 3. The van der Waals surface area contributed by atoms with Crippen LogP contribution in [0.1, 0.15) is 12.1 Å². The monoisotopic (exact) mass is 316 g/mol. The molecule has 0 bridgehead atoms. The quantitative estimate of drug-likeness (QED) is 0.752. The Hall–Kier alpha value is -2.44. The average Bonchev–Trinajstić information content (AvgIpc) is 3.41. The van der Waals surface area contributed by atoms with E-state index in [9.17, 15) is 14.4 Å². The number of rotatable bonds is 5. The fraction of sp³-hybridized carbons (Fsp3) is 0.500. The van der Waals surface area contributed by atoms with Crippen molar-refractivity contribution in [1.29, 1.82) is 0 Å². The summed E-state index contributed by atoms with van der Waals surface area (Å²) in [6.45, 7) is 2.62. The molecular weight excluding hydrogens is 296 g/mol. The Labute approximate surface area is 134 Å². The first-order valence-electron chi connectivity index (χ1n) is 7.85. The van der Waals surface area contributed by atoms with Crippen LogP contribution in [0.2, 0.25) is 0 Å². The van der Waals surface area contributed by atoms with Crippen molar-refractivity contribution in [3.63, 3.8) is 0 Å². The SMILES string of the molecule is O=CN1CCN(C(=O)C2CC2C(=O)NCc2ccccn2)CC1. The highest BCUT2D eigenvalue weighted by Gasteiger charge is 2.49. The molecule has 1 aromatic rings. The van der Waals surface area contributed by atoms with Gasteiger partial charge in [0.2, 0.25) is 18.2 Å². The Morgan fingerprint density at radius 1 is 1.22 bits per heavy atom. The van der Waals surface area contributed by atoms with Crippen LogP contribution in [0.4, 0.5) is 0 Å². The number of hydrogen-bond donors (Lipinski definition) is 1. The molecule has 1 aromatic heterocycles. The molecular formula is C16H20N4O3. The number of aromatic nitrogens is 1. The maximum atomic E-state index is 12.4. The Kier molecular flexibility index (Phi) is 4.55. The first-order chi connectivity index (χ1) is 11.2. The van der Waals surface area contributed by atoms with Crippen LogP contribution in [0.25, 0.3) is 0 Å². The second-order valence-electron chi connectivity index (χ2n) is 5.95. The lowest BCUT2D eigenvalue weighted by atomic mass is 10.2. The number of carbonyl (C=O) groups is 3. The van der Waals surface area contributed by atoms with Gasteiger partial charge in [-0.05, 0) is 18.6 Å². The van der Waals surface area contributed by atoms with Gasteiger partial charge in [-0.15, -0.1) is 0 Å². The molecule has 0 radical (unpaired) electrons. The summed E-state index contributed by atoms with van der Waals surface area (Å²) >= 11 is 0. The molecule has 2 unspecified atom stereocenters. The molecule has 7 nitrogen and oxygen atoms in total. The first kappa shape index (κ1) is 15.5. The summed E-state index contributed by atoms with van der Waals surface area (Å²) in [6.07, 6.45) is 3.11. The molecule has 0 spiro atoms. The number of carbonyl (C=O) groups excluding carboxylic acids is 3. The van der Waals surface area contributed by atoms with Crippen LogP contribution >= 0.6 is 0 Å². The fourth-order valence-electron chi connectivity index (χ4n) is 2.85. The van der Waals surface area contributed by atoms with Gasteiger partial charge in [-0.3, -0.25) is 19.4 Å². The first-order valence-corrected chi connectivity index (χ1v) is 7.85.